The molecular formula is C25H25N3O4S. The summed E-state index contributed by atoms with van der Waals surface area (Å²) in [5, 5.41) is 9.79. The van der Waals surface area contributed by atoms with Gasteiger partial charge < -0.3 is 18.9 Å². The van der Waals surface area contributed by atoms with E-state index in [1.54, 1.807) is 40.2 Å². The molecule has 0 radical (unpaired) electrons. The number of methoxy groups -OCH3 is 4. The third-order valence-corrected chi connectivity index (χ3v) is 6.13. The van der Waals surface area contributed by atoms with Gasteiger partial charge in [0.05, 0.1) is 39.7 Å². The standard InChI is InChI=1S/C25H25N3O4S/c1-29-19-11-9-18(10-12-19)28-24(21-7-5-6-8-23(21)32-4)26-27-25(28)33-16-17-15-20(30-2)13-14-22(17)31-3/h5-15H,16H2,1-4H3. The van der Waals surface area contributed by atoms with Crippen LogP contribution < -0.4 is 18.9 Å². The lowest BCUT2D eigenvalue weighted by Gasteiger charge is -2.14. The minimum atomic E-state index is 0.626. The molecule has 0 aliphatic rings. The molecule has 0 fully saturated rings. The van der Waals surface area contributed by atoms with Crippen LogP contribution in [0.1, 0.15) is 5.56 Å². The van der Waals surface area contributed by atoms with Crippen LogP contribution >= 0.6 is 11.8 Å². The normalized spacial score (nSPS) is 10.7. The summed E-state index contributed by atoms with van der Waals surface area (Å²) in [6, 6.07) is 21.3. The van der Waals surface area contributed by atoms with Crippen molar-refractivity contribution >= 4 is 11.8 Å². The lowest BCUT2D eigenvalue weighted by molar-refractivity contribution is 0.400. The number of hydrogen-bond acceptors (Lipinski definition) is 7. The Balaban J connectivity index is 1.76. The van der Waals surface area contributed by atoms with Gasteiger partial charge in [-0.25, -0.2) is 0 Å². The molecule has 170 valence electrons. The summed E-state index contributed by atoms with van der Waals surface area (Å²) in [4.78, 5) is 0. The molecule has 0 aliphatic heterocycles. The van der Waals surface area contributed by atoms with Gasteiger partial charge in [-0.3, -0.25) is 4.57 Å². The number of rotatable bonds is 9. The van der Waals surface area contributed by atoms with Crippen LogP contribution in [0.15, 0.2) is 71.9 Å². The predicted molar refractivity (Wildman–Crippen MR) is 129 cm³/mol. The fourth-order valence-electron chi connectivity index (χ4n) is 3.47. The number of thioether (sulfide) groups is 1. The molecule has 0 unspecified atom stereocenters. The van der Waals surface area contributed by atoms with E-state index in [9.17, 15) is 0 Å². The Hall–Kier alpha value is -3.65. The van der Waals surface area contributed by atoms with Gasteiger partial charge in [-0.2, -0.15) is 0 Å². The molecule has 4 rings (SSSR count). The first-order chi connectivity index (χ1) is 16.2. The van der Waals surface area contributed by atoms with E-state index in [0.717, 1.165) is 45.0 Å². The first-order valence-corrected chi connectivity index (χ1v) is 11.2. The second-order valence-corrected chi connectivity index (χ2v) is 7.95. The second kappa shape index (κ2) is 10.3. The van der Waals surface area contributed by atoms with Crippen molar-refractivity contribution in [2.75, 3.05) is 28.4 Å². The molecule has 0 amide bonds. The van der Waals surface area contributed by atoms with Crippen LogP contribution in [0.3, 0.4) is 0 Å². The zero-order valence-corrected chi connectivity index (χ0v) is 19.8. The Morgan fingerprint density at radius 3 is 2.12 bits per heavy atom. The molecule has 0 saturated carbocycles. The monoisotopic (exact) mass is 463 g/mol. The summed E-state index contributed by atoms with van der Waals surface area (Å²) in [7, 11) is 6.61. The third kappa shape index (κ3) is 4.75. The molecule has 1 heterocycles. The number of benzene rings is 3. The highest BCUT2D eigenvalue weighted by molar-refractivity contribution is 7.98. The zero-order chi connectivity index (χ0) is 23.2. The van der Waals surface area contributed by atoms with E-state index in [1.807, 2.05) is 71.3 Å². The molecule has 1 aromatic heterocycles. The molecule has 0 N–H and O–H groups in total. The van der Waals surface area contributed by atoms with Crippen LogP contribution in [0, 0.1) is 0 Å². The predicted octanol–water partition coefficient (Wildman–Crippen LogP) is 5.26. The second-order valence-electron chi connectivity index (χ2n) is 7.01. The molecule has 3 aromatic carbocycles. The third-order valence-electron chi connectivity index (χ3n) is 5.16. The summed E-state index contributed by atoms with van der Waals surface area (Å²) in [6.45, 7) is 0. The minimum Gasteiger partial charge on any atom is -0.497 e. The topological polar surface area (TPSA) is 67.6 Å². The first kappa shape index (κ1) is 22.5. The minimum absolute atomic E-state index is 0.626. The Morgan fingerprint density at radius 2 is 1.42 bits per heavy atom. The first-order valence-electron chi connectivity index (χ1n) is 10.3. The smallest absolute Gasteiger partial charge is 0.196 e. The highest BCUT2D eigenvalue weighted by atomic mass is 32.2. The molecule has 33 heavy (non-hydrogen) atoms. The SMILES string of the molecule is COc1ccc(-n2c(SCc3cc(OC)ccc3OC)nnc2-c2ccccc2OC)cc1. The largest absolute Gasteiger partial charge is 0.497 e. The van der Waals surface area contributed by atoms with E-state index >= 15 is 0 Å². The number of ether oxygens (including phenoxy) is 4. The van der Waals surface area contributed by atoms with Gasteiger partial charge in [0.2, 0.25) is 0 Å². The van der Waals surface area contributed by atoms with E-state index in [1.165, 1.54) is 0 Å². The Kier molecular flexibility index (Phi) is 7.04. The van der Waals surface area contributed by atoms with Gasteiger partial charge in [0.15, 0.2) is 11.0 Å². The quantitative estimate of drug-likeness (QED) is 0.314. The van der Waals surface area contributed by atoms with Gasteiger partial charge in [-0.1, -0.05) is 23.9 Å². The molecule has 8 heteroatoms. The van der Waals surface area contributed by atoms with Gasteiger partial charge in [0.1, 0.15) is 23.0 Å². The van der Waals surface area contributed by atoms with Crippen molar-refractivity contribution < 1.29 is 18.9 Å². The Bertz CT molecular complexity index is 1220. The number of nitrogens with zero attached hydrogens (tertiary/aromatic N) is 3. The van der Waals surface area contributed by atoms with Gasteiger partial charge in [-0.15, -0.1) is 10.2 Å². The lowest BCUT2D eigenvalue weighted by atomic mass is 10.2. The lowest BCUT2D eigenvalue weighted by Crippen LogP contribution is -2.01. The molecule has 0 aliphatic carbocycles. The summed E-state index contributed by atoms with van der Waals surface area (Å²) < 4.78 is 23.9. The average molecular weight is 464 g/mol. The highest BCUT2D eigenvalue weighted by Gasteiger charge is 2.19. The maximum Gasteiger partial charge on any atom is 0.196 e. The van der Waals surface area contributed by atoms with Crippen LogP contribution in [-0.4, -0.2) is 43.2 Å². The van der Waals surface area contributed by atoms with Crippen molar-refractivity contribution in [2.45, 2.75) is 10.9 Å². The Labute approximate surface area is 197 Å². The van der Waals surface area contributed by atoms with E-state index < -0.39 is 0 Å². The van der Waals surface area contributed by atoms with Crippen LogP contribution in [0.4, 0.5) is 0 Å². The van der Waals surface area contributed by atoms with Crippen LogP contribution in [0.25, 0.3) is 17.1 Å². The van der Waals surface area contributed by atoms with Gasteiger partial charge >= 0.3 is 0 Å². The van der Waals surface area contributed by atoms with Crippen molar-refractivity contribution in [3.05, 3.63) is 72.3 Å². The van der Waals surface area contributed by atoms with E-state index in [0.29, 0.717) is 11.6 Å². The van der Waals surface area contributed by atoms with Crippen molar-refractivity contribution in [1.29, 1.82) is 0 Å². The Morgan fingerprint density at radius 1 is 0.727 bits per heavy atom. The van der Waals surface area contributed by atoms with E-state index in [-0.39, 0.29) is 0 Å². The maximum atomic E-state index is 5.58. The molecule has 0 saturated heterocycles. The fourth-order valence-corrected chi connectivity index (χ4v) is 4.40. The fraction of sp³-hybridized carbons (Fsp3) is 0.200. The van der Waals surface area contributed by atoms with E-state index in [4.69, 9.17) is 18.9 Å². The number of hydrogen-bond donors (Lipinski definition) is 0. The molecule has 0 bridgehead atoms. The summed E-state index contributed by atoms with van der Waals surface area (Å²) in [6.07, 6.45) is 0. The molecule has 0 spiro atoms. The number of para-hydroxylation sites is 1. The summed E-state index contributed by atoms with van der Waals surface area (Å²) in [5.41, 5.74) is 2.78. The molecule has 4 aromatic rings. The molecule has 0 atom stereocenters. The summed E-state index contributed by atoms with van der Waals surface area (Å²) in [5.74, 6) is 4.39. The van der Waals surface area contributed by atoms with Gasteiger partial charge in [0, 0.05) is 11.3 Å². The van der Waals surface area contributed by atoms with Gasteiger partial charge in [0.25, 0.3) is 0 Å². The zero-order valence-electron chi connectivity index (χ0n) is 18.9. The van der Waals surface area contributed by atoms with Crippen molar-refractivity contribution in [3.8, 4) is 40.1 Å². The van der Waals surface area contributed by atoms with Gasteiger partial charge in [-0.05, 0) is 54.6 Å². The van der Waals surface area contributed by atoms with Crippen LogP contribution in [0.5, 0.6) is 23.0 Å². The van der Waals surface area contributed by atoms with Crippen molar-refractivity contribution in [2.24, 2.45) is 0 Å². The maximum absolute atomic E-state index is 5.58. The van der Waals surface area contributed by atoms with Crippen LogP contribution in [0.2, 0.25) is 0 Å². The number of aromatic nitrogens is 3. The highest BCUT2D eigenvalue weighted by Crippen LogP contribution is 2.36. The van der Waals surface area contributed by atoms with E-state index in [2.05, 4.69) is 10.2 Å². The molecular weight excluding hydrogens is 438 g/mol. The van der Waals surface area contributed by atoms with Crippen molar-refractivity contribution in [1.82, 2.24) is 14.8 Å². The van der Waals surface area contributed by atoms with Crippen LogP contribution in [-0.2, 0) is 5.75 Å². The van der Waals surface area contributed by atoms with Crippen molar-refractivity contribution in [3.63, 3.8) is 0 Å². The molecule has 7 nitrogen and oxygen atoms in total. The summed E-state index contributed by atoms with van der Waals surface area (Å²) >= 11 is 1.56. The average Bonchev–Trinajstić information content (AvgIpc) is 3.30.